The van der Waals surface area contributed by atoms with Crippen molar-refractivity contribution in [3.63, 3.8) is 0 Å². The molecule has 0 saturated carbocycles. The van der Waals surface area contributed by atoms with Crippen molar-refractivity contribution >= 4 is 29.8 Å². The lowest BCUT2D eigenvalue weighted by molar-refractivity contribution is -0.105. The SMILES string of the molecule is CN/C(=C\C=N)N/C(C=O)=C(\C(C)=N)C(c1ccc(Cl)cc1)N(C)Cc1ccc(OC)cc1. The zero-order chi connectivity index (χ0) is 24.4. The number of rotatable bonds is 12. The highest BCUT2D eigenvalue weighted by Crippen LogP contribution is 2.32. The van der Waals surface area contributed by atoms with Gasteiger partial charge in [-0.1, -0.05) is 35.9 Å². The topological polar surface area (TPSA) is 101 Å². The van der Waals surface area contributed by atoms with Crippen molar-refractivity contribution in [2.24, 2.45) is 0 Å². The second kappa shape index (κ2) is 12.6. The Kier molecular flexibility index (Phi) is 9.84. The van der Waals surface area contributed by atoms with Crippen molar-refractivity contribution in [3.05, 3.63) is 87.8 Å². The number of carbonyl (C=O) groups excluding carboxylic acids is 1. The zero-order valence-electron chi connectivity index (χ0n) is 19.3. The molecule has 174 valence electrons. The first-order valence-corrected chi connectivity index (χ1v) is 10.7. The van der Waals surface area contributed by atoms with E-state index in [0.29, 0.717) is 29.2 Å². The van der Waals surface area contributed by atoms with Crippen molar-refractivity contribution in [2.75, 3.05) is 21.2 Å². The van der Waals surface area contributed by atoms with Gasteiger partial charge in [-0.05, 0) is 55.4 Å². The molecule has 0 aliphatic carbocycles. The molecule has 1 unspecified atom stereocenters. The first-order chi connectivity index (χ1) is 15.8. The van der Waals surface area contributed by atoms with Gasteiger partial charge in [0.25, 0.3) is 0 Å². The number of nitrogens with zero attached hydrogens (tertiary/aromatic N) is 1. The summed E-state index contributed by atoms with van der Waals surface area (Å²) < 4.78 is 5.25. The molecule has 2 aromatic carbocycles. The highest BCUT2D eigenvalue weighted by Gasteiger charge is 2.27. The Morgan fingerprint density at radius 2 is 1.82 bits per heavy atom. The third kappa shape index (κ3) is 7.03. The molecule has 0 bridgehead atoms. The largest absolute Gasteiger partial charge is 0.497 e. The van der Waals surface area contributed by atoms with Crippen LogP contribution in [0, 0.1) is 10.8 Å². The molecule has 33 heavy (non-hydrogen) atoms. The van der Waals surface area contributed by atoms with Gasteiger partial charge in [0.15, 0.2) is 6.29 Å². The van der Waals surface area contributed by atoms with E-state index in [0.717, 1.165) is 23.1 Å². The minimum atomic E-state index is -0.410. The molecule has 2 aromatic rings. The first-order valence-electron chi connectivity index (χ1n) is 10.3. The number of hydrogen-bond donors (Lipinski definition) is 4. The van der Waals surface area contributed by atoms with Gasteiger partial charge < -0.3 is 26.2 Å². The Bertz CT molecular complexity index is 1030. The number of aldehydes is 1. The van der Waals surface area contributed by atoms with Gasteiger partial charge in [-0.2, -0.15) is 0 Å². The third-order valence-electron chi connectivity index (χ3n) is 5.09. The van der Waals surface area contributed by atoms with Crippen molar-refractivity contribution in [1.82, 2.24) is 15.5 Å². The summed E-state index contributed by atoms with van der Waals surface area (Å²) in [6.07, 6.45) is 3.32. The maximum Gasteiger partial charge on any atom is 0.166 e. The summed E-state index contributed by atoms with van der Waals surface area (Å²) in [5.41, 5.74) is 2.96. The Morgan fingerprint density at radius 3 is 2.30 bits per heavy atom. The predicted octanol–water partition coefficient (Wildman–Crippen LogP) is 4.31. The number of ether oxygens (including phenoxy) is 1. The molecule has 0 aliphatic heterocycles. The minimum Gasteiger partial charge on any atom is -0.497 e. The van der Waals surface area contributed by atoms with E-state index in [-0.39, 0.29) is 11.4 Å². The Hall–Kier alpha value is -3.42. The third-order valence-corrected chi connectivity index (χ3v) is 5.34. The van der Waals surface area contributed by atoms with Crippen LogP contribution in [0.25, 0.3) is 0 Å². The van der Waals surface area contributed by atoms with Crippen LogP contribution in [0.1, 0.15) is 24.1 Å². The average Bonchev–Trinajstić information content (AvgIpc) is 2.81. The van der Waals surface area contributed by atoms with E-state index in [1.165, 1.54) is 6.08 Å². The quantitative estimate of drug-likeness (QED) is 0.211. The van der Waals surface area contributed by atoms with Gasteiger partial charge >= 0.3 is 0 Å². The number of nitrogens with one attached hydrogen (secondary N) is 4. The van der Waals surface area contributed by atoms with Gasteiger partial charge in [0.05, 0.1) is 18.8 Å². The standard InChI is InChI=1S/C25H30ClN5O2/c1-17(28)24(22(16-32)30-23(29-2)13-14-27)25(19-7-9-20(26)10-8-19)31(3)15-18-5-11-21(33-4)12-6-18/h5-14,16,25,27-30H,15H2,1-4H3/b23-13+,24-22+,27-14?,28-17?. The van der Waals surface area contributed by atoms with Gasteiger partial charge in [-0.15, -0.1) is 0 Å². The van der Waals surface area contributed by atoms with Crippen LogP contribution in [0.2, 0.25) is 5.02 Å². The Labute approximate surface area is 200 Å². The molecule has 0 aliphatic rings. The second-order valence-corrected chi connectivity index (χ2v) is 7.85. The summed E-state index contributed by atoms with van der Waals surface area (Å²) in [6, 6.07) is 14.8. The normalized spacial score (nSPS) is 13.1. The molecule has 8 heteroatoms. The van der Waals surface area contributed by atoms with Crippen LogP contribution < -0.4 is 15.4 Å². The van der Waals surface area contributed by atoms with Gasteiger partial charge in [-0.25, -0.2) is 0 Å². The van der Waals surface area contributed by atoms with Crippen molar-refractivity contribution in [2.45, 2.75) is 19.5 Å². The number of carbonyl (C=O) groups is 1. The molecule has 1 atom stereocenters. The molecule has 0 amide bonds. The molecule has 0 fully saturated rings. The highest BCUT2D eigenvalue weighted by atomic mass is 35.5. The van der Waals surface area contributed by atoms with Crippen molar-refractivity contribution in [3.8, 4) is 5.75 Å². The lowest BCUT2D eigenvalue weighted by Crippen LogP contribution is -2.33. The number of halogens is 1. The summed E-state index contributed by atoms with van der Waals surface area (Å²) >= 11 is 6.12. The van der Waals surface area contributed by atoms with Crippen LogP contribution in [0.15, 0.2) is 71.7 Å². The van der Waals surface area contributed by atoms with E-state index < -0.39 is 6.04 Å². The number of benzene rings is 2. The number of allylic oxidation sites excluding steroid dienone is 2. The smallest absolute Gasteiger partial charge is 0.166 e. The molecule has 0 saturated heterocycles. The highest BCUT2D eigenvalue weighted by molar-refractivity contribution is 6.30. The van der Waals surface area contributed by atoms with E-state index in [1.54, 1.807) is 33.2 Å². The molecule has 4 N–H and O–H groups in total. The number of likely N-dealkylation sites (N-methyl/N-ethyl adjacent to an activating group) is 1. The van der Waals surface area contributed by atoms with Crippen LogP contribution in [0.3, 0.4) is 0 Å². The first kappa shape index (κ1) is 25.8. The Morgan fingerprint density at radius 1 is 1.18 bits per heavy atom. The fraction of sp³-hybridized carbons (Fsp3) is 0.240. The van der Waals surface area contributed by atoms with E-state index >= 15 is 0 Å². The predicted molar refractivity (Wildman–Crippen MR) is 134 cm³/mol. The molecule has 0 heterocycles. The van der Waals surface area contributed by atoms with Crippen LogP contribution in [-0.4, -0.2) is 44.3 Å². The van der Waals surface area contributed by atoms with Gasteiger partial charge in [-0.3, -0.25) is 9.69 Å². The van der Waals surface area contributed by atoms with Crippen LogP contribution >= 0.6 is 11.6 Å². The van der Waals surface area contributed by atoms with E-state index in [2.05, 4.69) is 15.5 Å². The summed E-state index contributed by atoms with van der Waals surface area (Å²) in [6.45, 7) is 2.22. The van der Waals surface area contributed by atoms with E-state index in [1.807, 2.05) is 43.4 Å². The molecular formula is C25H30ClN5O2. The maximum absolute atomic E-state index is 12.2. The molecule has 0 spiro atoms. The van der Waals surface area contributed by atoms with E-state index in [9.17, 15) is 4.79 Å². The van der Waals surface area contributed by atoms with Gasteiger partial charge in [0.2, 0.25) is 0 Å². The lowest BCUT2D eigenvalue weighted by Gasteiger charge is -2.32. The molecule has 0 radical (unpaired) electrons. The second-order valence-electron chi connectivity index (χ2n) is 7.41. The summed E-state index contributed by atoms with van der Waals surface area (Å²) in [4.78, 5) is 14.2. The van der Waals surface area contributed by atoms with Gasteiger partial charge in [0, 0.05) is 36.1 Å². The fourth-order valence-corrected chi connectivity index (χ4v) is 3.65. The minimum absolute atomic E-state index is 0.242. The van der Waals surface area contributed by atoms with Crippen LogP contribution in [-0.2, 0) is 11.3 Å². The number of methoxy groups -OCH3 is 1. The fourth-order valence-electron chi connectivity index (χ4n) is 3.53. The Balaban J connectivity index is 2.59. The summed E-state index contributed by atoms with van der Waals surface area (Å²) in [5, 5.41) is 22.4. The summed E-state index contributed by atoms with van der Waals surface area (Å²) in [5.74, 6) is 1.25. The zero-order valence-corrected chi connectivity index (χ0v) is 20.0. The maximum atomic E-state index is 12.2. The lowest BCUT2D eigenvalue weighted by atomic mass is 9.92. The average molecular weight is 468 g/mol. The van der Waals surface area contributed by atoms with Gasteiger partial charge in [0.1, 0.15) is 11.6 Å². The monoisotopic (exact) mass is 467 g/mol. The van der Waals surface area contributed by atoms with Crippen molar-refractivity contribution in [1.29, 1.82) is 10.8 Å². The van der Waals surface area contributed by atoms with E-state index in [4.69, 9.17) is 27.2 Å². The molecule has 0 aromatic heterocycles. The number of hydrogen-bond acceptors (Lipinski definition) is 7. The molecular weight excluding hydrogens is 438 g/mol. The molecule has 7 nitrogen and oxygen atoms in total. The summed E-state index contributed by atoms with van der Waals surface area (Å²) in [7, 11) is 5.26. The van der Waals surface area contributed by atoms with Crippen LogP contribution in [0.5, 0.6) is 5.75 Å². The molecule has 2 rings (SSSR count). The van der Waals surface area contributed by atoms with Crippen LogP contribution in [0.4, 0.5) is 0 Å². The van der Waals surface area contributed by atoms with Crippen molar-refractivity contribution < 1.29 is 9.53 Å².